The number of ether oxygens (including phenoxy) is 1. The first-order chi connectivity index (χ1) is 8.52. The summed E-state index contributed by atoms with van der Waals surface area (Å²) in [6, 6.07) is 0.620. The van der Waals surface area contributed by atoms with Crippen molar-refractivity contribution in [3.63, 3.8) is 0 Å². The molecule has 7 nitrogen and oxygen atoms in total. The van der Waals surface area contributed by atoms with Crippen LogP contribution in [0.4, 0.5) is 0 Å². The molecule has 2 N–H and O–H groups in total. The van der Waals surface area contributed by atoms with Crippen molar-refractivity contribution in [1.82, 2.24) is 15.3 Å². The number of hydrogen-bond donors (Lipinski definition) is 2. The van der Waals surface area contributed by atoms with Crippen LogP contribution < -0.4 is 10.1 Å². The predicted molar refractivity (Wildman–Crippen MR) is 64.5 cm³/mol. The van der Waals surface area contributed by atoms with Gasteiger partial charge in [-0.25, -0.2) is 9.78 Å². The van der Waals surface area contributed by atoms with Gasteiger partial charge in [0, 0.05) is 24.9 Å². The topological polar surface area (TPSA) is 101 Å². The van der Waals surface area contributed by atoms with Gasteiger partial charge in [0.15, 0.2) is 5.16 Å². The zero-order valence-electron chi connectivity index (χ0n) is 9.91. The Morgan fingerprint density at radius 2 is 2.33 bits per heavy atom. The van der Waals surface area contributed by atoms with Gasteiger partial charge in [0.05, 0.1) is 7.11 Å². The third-order valence-electron chi connectivity index (χ3n) is 1.87. The number of rotatable bonds is 6. The number of aliphatic carboxylic acids is 1. The third kappa shape index (κ3) is 4.58. The van der Waals surface area contributed by atoms with Crippen LogP contribution in [0.3, 0.4) is 0 Å². The summed E-state index contributed by atoms with van der Waals surface area (Å²) < 4.78 is 4.92. The Balaban J connectivity index is 2.60. The van der Waals surface area contributed by atoms with Crippen LogP contribution in [0, 0.1) is 0 Å². The number of aromatic nitrogens is 2. The summed E-state index contributed by atoms with van der Waals surface area (Å²) in [4.78, 5) is 29.7. The van der Waals surface area contributed by atoms with Crippen LogP contribution in [0.5, 0.6) is 5.88 Å². The van der Waals surface area contributed by atoms with Crippen molar-refractivity contribution >= 4 is 23.6 Å². The fourth-order valence-electron chi connectivity index (χ4n) is 1.09. The Morgan fingerprint density at radius 1 is 1.61 bits per heavy atom. The number of carboxylic acid groups (broad SMARTS) is 1. The van der Waals surface area contributed by atoms with Crippen molar-refractivity contribution in [2.45, 2.75) is 18.1 Å². The number of carboxylic acids is 1. The number of nitrogens with zero attached hydrogens (tertiary/aromatic N) is 2. The van der Waals surface area contributed by atoms with E-state index in [1.54, 1.807) is 6.07 Å². The molecule has 1 aromatic rings. The van der Waals surface area contributed by atoms with Crippen molar-refractivity contribution in [2.75, 3.05) is 12.9 Å². The van der Waals surface area contributed by atoms with E-state index in [0.717, 1.165) is 11.8 Å². The van der Waals surface area contributed by atoms with Crippen molar-refractivity contribution in [3.05, 3.63) is 12.3 Å². The molecule has 0 aliphatic heterocycles. The monoisotopic (exact) mass is 271 g/mol. The molecule has 1 unspecified atom stereocenters. The summed E-state index contributed by atoms with van der Waals surface area (Å²) in [6.07, 6.45) is 1.52. The van der Waals surface area contributed by atoms with Gasteiger partial charge in [0.2, 0.25) is 11.8 Å². The van der Waals surface area contributed by atoms with Crippen molar-refractivity contribution in [1.29, 1.82) is 0 Å². The van der Waals surface area contributed by atoms with Crippen molar-refractivity contribution < 1.29 is 19.4 Å². The largest absolute Gasteiger partial charge is 0.481 e. The van der Waals surface area contributed by atoms with Gasteiger partial charge < -0.3 is 15.2 Å². The highest BCUT2D eigenvalue weighted by molar-refractivity contribution is 7.99. The van der Waals surface area contributed by atoms with Gasteiger partial charge in [-0.15, -0.1) is 0 Å². The van der Waals surface area contributed by atoms with E-state index < -0.39 is 17.9 Å². The smallest absolute Gasteiger partial charge is 0.327 e. The molecule has 0 bridgehead atoms. The van der Waals surface area contributed by atoms with E-state index >= 15 is 0 Å². The molecule has 0 fully saturated rings. The maximum atomic E-state index is 10.9. The van der Waals surface area contributed by atoms with Crippen LogP contribution in [0.1, 0.15) is 6.92 Å². The molecule has 98 valence electrons. The summed E-state index contributed by atoms with van der Waals surface area (Å²) in [6.45, 7) is 1.27. The lowest BCUT2D eigenvalue weighted by atomic mass is 10.3. The van der Waals surface area contributed by atoms with E-state index in [1.807, 2.05) is 0 Å². The summed E-state index contributed by atoms with van der Waals surface area (Å²) in [7, 11) is 1.48. The second kappa shape index (κ2) is 6.80. The van der Waals surface area contributed by atoms with E-state index in [1.165, 1.54) is 20.2 Å². The Hall–Kier alpha value is -1.83. The molecule has 0 spiro atoms. The van der Waals surface area contributed by atoms with Crippen LogP contribution in [0.25, 0.3) is 0 Å². The highest BCUT2D eigenvalue weighted by atomic mass is 32.2. The van der Waals surface area contributed by atoms with Gasteiger partial charge in [-0.1, -0.05) is 11.8 Å². The number of amides is 1. The molecule has 0 saturated heterocycles. The van der Waals surface area contributed by atoms with Crippen LogP contribution in [0.2, 0.25) is 0 Å². The van der Waals surface area contributed by atoms with Gasteiger partial charge in [0.1, 0.15) is 6.04 Å². The molecular weight excluding hydrogens is 258 g/mol. The van der Waals surface area contributed by atoms with E-state index in [0.29, 0.717) is 11.0 Å². The lowest BCUT2D eigenvalue weighted by molar-refractivity contribution is -0.140. The fraction of sp³-hybridized carbons (Fsp3) is 0.400. The Morgan fingerprint density at radius 3 is 2.89 bits per heavy atom. The second-order valence-corrected chi connectivity index (χ2v) is 4.27. The van der Waals surface area contributed by atoms with Gasteiger partial charge >= 0.3 is 5.97 Å². The zero-order valence-corrected chi connectivity index (χ0v) is 10.7. The van der Waals surface area contributed by atoms with Crippen LogP contribution in [-0.4, -0.2) is 45.9 Å². The molecular formula is C10H13N3O4S. The Kier molecular flexibility index (Phi) is 5.37. The first-order valence-electron chi connectivity index (χ1n) is 5.02. The maximum absolute atomic E-state index is 10.9. The van der Waals surface area contributed by atoms with Crippen LogP contribution in [-0.2, 0) is 9.59 Å². The standard InChI is InChI=1S/C10H13N3O4S/c1-6(14)12-7(9(15)16)5-18-10-11-4-3-8(13-10)17-2/h3-4,7H,5H2,1-2H3,(H,12,14)(H,15,16). The highest BCUT2D eigenvalue weighted by Gasteiger charge is 2.19. The molecule has 8 heteroatoms. The fourth-order valence-corrected chi connectivity index (χ4v) is 1.92. The number of hydrogen-bond acceptors (Lipinski definition) is 6. The zero-order chi connectivity index (χ0) is 13.5. The van der Waals surface area contributed by atoms with E-state index in [2.05, 4.69) is 15.3 Å². The third-order valence-corrected chi connectivity index (χ3v) is 2.83. The normalized spacial score (nSPS) is 11.7. The first kappa shape index (κ1) is 14.2. The Bertz CT molecular complexity index is 441. The molecule has 0 aromatic carbocycles. The van der Waals surface area contributed by atoms with E-state index in [4.69, 9.17) is 9.84 Å². The second-order valence-electron chi connectivity index (χ2n) is 3.28. The summed E-state index contributed by atoms with van der Waals surface area (Å²) in [5, 5.41) is 11.6. The number of carbonyl (C=O) groups excluding carboxylic acids is 1. The van der Waals surface area contributed by atoms with Gasteiger partial charge in [-0.05, 0) is 0 Å². The van der Waals surface area contributed by atoms with Crippen LogP contribution in [0.15, 0.2) is 17.4 Å². The number of thioether (sulfide) groups is 1. The molecule has 1 aromatic heterocycles. The maximum Gasteiger partial charge on any atom is 0.327 e. The SMILES string of the molecule is COc1ccnc(SCC(NC(C)=O)C(=O)O)n1. The van der Waals surface area contributed by atoms with E-state index in [-0.39, 0.29) is 5.75 Å². The lowest BCUT2D eigenvalue weighted by Gasteiger charge is -2.11. The molecule has 1 rings (SSSR count). The number of carbonyl (C=O) groups is 2. The summed E-state index contributed by atoms with van der Waals surface area (Å²) in [5.74, 6) is -0.948. The van der Waals surface area contributed by atoms with Gasteiger partial charge in [-0.3, -0.25) is 4.79 Å². The van der Waals surface area contributed by atoms with E-state index in [9.17, 15) is 9.59 Å². The lowest BCUT2D eigenvalue weighted by Crippen LogP contribution is -2.41. The molecule has 0 aliphatic rings. The molecule has 1 atom stereocenters. The molecule has 1 amide bonds. The predicted octanol–water partition coefficient (Wildman–Crippen LogP) is 0.167. The highest BCUT2D eigenvalue weighted by Crippen LogP contribution is 2.16. The molecule has 1 heterocycles. The summed E-state index contributed by atoms with van der Waals surface area (Å²) in [5.41, 5.74) is 0. The first-order valence-corrected chi connectivity index (χ1v) is 6.01. The Labute approximate surface area is 108 Å². The summed E-state index contributed by atoms with van der Waals surface area (Å²) >= 11 is 1.13. The minimum Gasteiger partial charge on any atom is -0.481 e. The quantitative estimate of drug-likeness (QED) is 0.561. The van der Waals surface area contributed by atoms with Crippen molar-refractivity contribution in [3.8, 4) is 5.88 Å². The van der Waals surface area contributed by atoms with Gasteiger partial charge in [0.25, 0.3) is 0 Å². The number of nitrogens with one attached hydrogen (secondary N) is 1. The number of methoxy groups -OCH3 is 1. The average molecular weight is 271 g/mol. The van der Waals surface area contributed by atoms with Crippen LogP contribution >= 0.6 is 11.8 Å². The molecule has 18 heavy (non-hydrogen) atoms. The molecule has 0 radical (unpaired) electrons. The molecule has 0 aliphatic carbocycles. The van der Waals surface area contributed by atoms with Gasteiger partial charge in [-0.2, -0.15) is 4.98 Å². The minimum atomic E-state index is -1.10. The molecule has 0 saturated carbocycles. The minimum absolute atomic E-state index is 0.141. The van der Waals surface area contributed by atoms with Crippen molar-refractivity contribution in [2.24, 2.45) is 0 Å². The average Bonchev–Trinajstić information content (AvgIpc) is 2.34.